The number of aliphatic hydroxyl groups is 1. The fraction of sp³-hybridized carbons (Fsp3) is 0.280. The molecule has 0 saturated carbocycles. The molecular formula is C25H28N2O6S. The maximum Gasteiger partial charge on any atom is 0.344 e. The van der Waals surface area contributed by atoms with Crippen molar-refractivity contribution >= 4 is 15.8 Å². The van der Waals surface area contributed by atoms with Crippen LogP contribution in [0, 0.1) is 0 Å². The van der Waals surface area contributed by atoms with Gasteiger partial charge in [0, 0.05) is 24.5 Å². The lowest BCUT2D eigenvalue weighted by atomic mass is 10.1. The molecule has 0 bridgehead atoms. The van der Waals surface area contributed by atoms with E-state index in [9.17, 15) is 18.3 Å². The van der Waals surface area contributed by atoms with Crippen molar-refractivity contribution in [3.8, 4) is 5.75 Å². The maximum atomic E-state index is 12.9. The van der Waals surface area contributed by atoms with Gasteiger partial charge in [-0.1, -0.05) is 18.2 Å². The number of nitrogens with zero attached hydrogens (tertiary/aromatic N) is 1. The highest BCUT2D eigenvalue weighted by atomic mass is 32.2. The number of pyridine rings is 1. The molecule has 34 heavy (non-hydrogen) atoms. The van der Waals surface area contributed by atoms with Crippen molar-refractivity contribution in [1.82, 2.24) is 10.3 Å². The number of sulfone groups is 1. The molecule has 0 aliphatic rings. The molecule has 1 aromatic heterocycles. The molecule has 3 rings (SSSR count). The molecular weight excluding hydrogens is 456 g/mol. The van der Waals surface area contributed by atoms with Crippen molar-refractivity contribution in [1.29, 1.82) is 0 Å². The molecule has 1 atom stereocenters. The van der Waals surface area contributed by atoms with Crippen molar-refractivity contribution in [2.45, 2.75) is 29.2 Å². The zero-order chi connectivity index (χ0) is 24.4. The molecule has 180 valence electrons. The third kappa shape index (κ3) is 7.11. The van der Waals surface area contributed by atoms with Crippen LogP contribution in [0.1, 0.15) is 24.2 Å². The van der Waals surface area contributed by atoms with Crippen molar-refractivity contribution in [3.63, 3.8) is 0 Å². The van der Waals surface area contributed by atoms with Gasteiger partial charge in [0.05, 0.1) is 22.5 Å². The summed E-state index contributed by atoms with van der Waals surface area (Å²) in [7, 11) is -3.68. The summed E-state index contributed by atoms with van der Waals surface area (Å²) < 4.78 is 35.9. The number of nitrogens with one attached hydrogen (secondary N) is 1. The summed E-state index contributed by atoms with van der Waals surface area (Å²) in [5, 5.41) is 13.3. The third-order valence-electron chi connectivity index (χ3n) is 5.03. The van der Waals surface area contributed by atoms with Crippen LogP contribution in [0.2, 0.25) is 0 Å². The molecule has 0 saturated heterocycles. The maximum absolute atomic E-state index is 12.9. The molecule has 0 aliphatic carbocycles. The molecule has 0 radical (unpaired) electrons. The molecule has 0 fully saturated rings. The van der Waals surface area contributed by atoms with Crippen LogP contribution < -0.4 is 10.1 Å². The number of rotatable bonds is 12. The molecule has 3 aromatic rings. The Kier molecular flexibility index (Phi) is 9.15. The summed E-state index contributed by atoms with van der Waals surface area (Å²) in [6.45, 7) is 2.77. The lowest BCUT2D eigenvalue weighted by Gasteiger charge is -2.12. The van der Waals surface area contributed by atoms with E-state index in [0.717, 1.165) is 11.1 Å². The molecule has 0 aliphatic heterocycles. The number of carbonyl (C=O) groups is 1. The Hall–Kier alpha value is -3.27. The molecule has 1 heterocycles. The second-order valence-corrected chi connectivity index (χ2v) is 9.42. The quantitative estimate of drug-likeness (QED) is 0.298. The van der Waals surface area contributed by atoms with Crippen LogP contribution >= 0.6 is 0 Å². The Bertz CT molecular complexity index is 1150. The smallest absolute Gasteiger partial charge is 0.344 e. The van der Waals surface area contributed by atoms with Gasteiger partial charge in [-0.3, -0.25) is 4.98 Å². The van der Waals surface area contributed by atoms with E-state index in [1.54, 1.807) is 49.6 Å². The van der Waals surface area contributed by atoms with Gasteiger partial charge in [0.2, 0.25) is 9.84 Å². The Labute approximate surface area is 199 Å². The van der Waals surface area contributed by atoms with E-state index >= 15 is 0 Å². The highest BCUT2D eigenvalue weighted by Gasteiger charge is 2.18. The monoisotopic (exact) mass is 484 g/mol. The normalized spacial score (nSPS) is 12.2. The van der Waals surface area contributed by atoms with Gasteiger partial charge < -0.3 is 19.9 Å². The van der Waals surface area contributed by atoms with Crippen LogP contribution in [-0.2, 0) is 25.8 Å². The van der Waals surface area contributed by atoms with Gasteiger partial charge in [-0.25, -0.2) is 13.2 Å². The SMILES string of the molecule is CCOC(=O)COc1ccc(S(=O)(=O)c2ccc(CCNC[C@H](O)c3cccnc3)cc2)cc1. The number of benzene rings is 2. The predicted molar refractivity (Wildman–Crippen MR) is 126 cm³/mol. The number of carbonyl (C=O) groups excluding carboxylic acids is 1. The summed E-state index contributed by atoms with van der Waals surface area (Å²) in [5.74, 6) is -0.109. The molecule has 2 aromatic carbocycles. The predicted octanol–water partition coefficient (Wildman–Crippen LogP) is 2.72. The minimum absolute atomic E-state index is 0.134. The first-order chi connectivity index (χ1) is 16.4. The molecule has 0 unspecified atom stereocenters. The van der Waals surface area contributed by atoms with Crippen LogP contribution in [-0.4, -0.2) is 50.8 Å². The Morgan fingerprint density at radius 1 is 1.06 bits per heavy atom. The minimum atomic E-state index is -3.68. The summed E-state index contributed by atoms with van der Waals surface area (Å²) in [4.78, 5) is 15.7. The van der Waals surface area contributed by atoms with E-state index in [2.05, 4.69) is 10.3 Å². The first-order valence-corrected chi connectivity index (χ1v) is 12.4. The summed E-state index contributed by atoms with van der Waals surface area (Å²) in [6.07, 6.45) is 3.34. The van der Waals surface area contributed by atoms with E-state index in [4.69, 9.17) is 9.47 Å². The van der Waals surface area contributed by atoms with E-state index in [-0.39, 0.29) is 23.0 Å². The number of esters is 1. The van der Waals surface area contributed by atoms with Gasteiger partial charge in [-0.2, -0.15) is 0 Å². The number of ether oxygens (including phenoxy) is 2. The molecule has 2 N–H and O–H groups in total. The molecule has 8 nitrogen and oxygen atoms in total. The van der Waals surface area contributed by atoms with Crippen molar-refractivity contribution in [3.05, 3.63) is 84.2 Å². The van der Waals surface area contributed by atoms with E-state index < -0.39 is 21.9 Å². The highest BCUT2D eigenvalue weighted by Crippen LogP contribution is 2.23. The number of hydrogen-bond acceptors (Lipinski definition) is 8. The van der Waals surface area contributed by atoms with Gasteiger partial charge in [-0.15, -0.1) is 0 Å². The molecule has 0 amide bonds. The van der Waals surface area contributed by atoms with E-state index in [1.807, 2.05) is 6.07 Å². The highest BCUT2D eigenvalue weighted by molar-refractivity contribution is 7.91. The van der Waals surface area contributed by atoms with Gasteiger partial charge in [0.15, 0.2) is 6.61 Å². The lowest BCUT2D eigenvalue weighted by Crippen LogP contribution is -2.23. The number of aliphatic hydroxyl groups excluding tert-OH is 1. The Balaban J connectivity index is 1.51. The van der Waals surface area contributed by atoms with Gasteiger partial charge in [0.1, 0.15) is 5.75 Å². The largest absolute Gasteiger partial charge is 0.482 e. The van der Waals surface area contributed by atoms with Crippen molar-refractivity contribution in [2.24, 2.45) is 0 Å². The van der Waals surface area contributed by atoms with Gasteiger partial charge >= 0.3 is 5.97 Å². The van der Waals surface area contributed by atoms with Crippen LogP contribution in [0.15, 0.2) is 82.8 Å². The molecule has 9 heteroatoms. The van der Waals surface area contributed by atoms with Gasteiger partial charge in [0.25, 0.3) is 0 Å². The summed E-state index contributed by atoms with van der Waals surface area (Å²) in [5.41, 5.74) is 1.73. The van der Waals surface area contributed by atoms with Gasteiger partial charge in [-0.05, 0) is 67.9 Å². The average molecular weight is 485 g/mol. The van der Waals surface area contributed by atoms with Crippen molar-refractivity contribution < 1.29 is 27.8 Å². The average Bonchev–Trinajstić information content (AvgIpc) is 2.86. The Morgan fingerprint density at radius 3 is 2.35 bits per heavy atom. The second kappa shape index (κ2) is 12.3. The topological polar surface area (TPSA) is 115 Å². The second-order valence-electron chi connectivity index (χ2n) is 7.47. The molecule has 0 spiro atoms. The Morgan fingerprint density at radius 2 is 1.74 bits per heavy atom. The minimum Gasteiger partial charge on any atom is -0.482 e. The zero-order valence-corrected chi connectivity index (χ0v) is 19.7. The van der Waals surface area contributed by atoms with E-state index in [1.165, 1.54) is 24.3 Å². The first kappa shape index (κ1) is 25.4. The summed E-state index contributed by atoms with van der Waals surface area (Å²) >= 11 is 0. The fourth-order valence-electron chi connectivity index (χ4n) is 3.19. The number of hydrogen-bond donors (Lipinski definition) is 2. The first-order valence-electron chi connectivity index (χ1n) is 10.9. The van der Waals surface area contributed by atoms with E-state index in [0.29, 0.717) is 25.3 Å². The summed E-state index contributed by atoms with van der Waals surface area (Å²) in [6, 6.07) is 16.2. The standard InChI is InChI=1S/C25H28N2O6S/c1-2-32-25(29)18-33-21-7-11-23(12-8-21)34(30,31)22-9-5-19(6-10-22)13-15-27-17-24(28)20-4-3-14-26-16-20/h3-12,14,16,24,27-28H,2,13,15,17-18H2,1H3/t24-/m0/s1. The van der Waals surface area contributed by atoms with Crippen molar-refractivity contribution in [2.75, 3.05) is 26.3 Å². The van der Waals surface area contributed by atoms with Crippen LogP contribution in [0.5, 0.6) is 5.75 Å². The number of aromatic nitrogens is 1. The van der Waals surface area contributed by atoms with Crippen LogP contribution in [0.3, 0.4) is 0 Å². The third-order valence-corrected chi connectivity index (χ3v) is 6.81. The van der Waals surface area contributed by atoms with Crippen LogP contribution in [0.4, 0.5) is 0 Å². The fourth-order valence-corrected chi connectivity index (χ4v) is 4.45. The van der Waals surface area contributed by atoms with Crippen LogP contribution in [0.25, 0.3) is 0 Å². The zero-order valence-electron chi connectivity index (χ0n) is 18.9. The lowest BCUT2D eigenvalue weighted by molar-refractivity contribution is -0.145.